The first-order chi connectivity index (χ1) is 27.3. The molecular formula is C52H33NO2. The minimum Gasteiger partial charge on any atom is -0.455 e. The van der Waals surface area contributed by atoms with E-state index in [1.165, 1.54) is 22.3 Å². The molecule has 11 aromatic rings. The monoisotopic (exact) mass is 703 g/mol. The van der Waals surface area contributed by atoms with E-state index in [1.807, 2.05) is 12.1 Å². The molecule has 0 amide bonds. The van der Waals surface area contributed by atoms with Gasteiger partial charge >= 0.3 is 0 Å². The Morgan fingerprint density at radius 3 is 1.36 bits per heavy atom. The number of anilines is 3. The van der Waals surface area contributed by atoms with Gasteiger partial charge in [0.1, 0.15) is 22.3 Å². The lowest BCUT2D eigenvalue weighted by atomic mass is 9.94. The van der Waals surface area contributed by atoms with E-state index >= 15 is 0 Å². The Bertz CT molecular complexity index is 3080. The Balaban J connectivity index is 1.20. The fraction of sp³-hybridized carbons (Fsp3) is 0. The maximum absolute atomic E-state index is 7.13. The molecule has 2 heterocycles. The zero-order chi connectivity index (χ0) is 36.3. The molecule has 3 heteroatoms. The van der Waals surface area contributed by atoms with Gasteiger partial charge in [0.15, 0.2) is 0 Å². The maximum Gasteiger partial charge on any atom is 0.147 e. The molecule has 0 atom stereocenters. The molecule has 11 rings (SSSR count). The Hall–Kier alpha value is -7.36. The minimum absolute atomic E-state index is 0.820. The third-order valence-electron chi connectivity index (χ3n) is 10.8. The quantitative estimate of drug-likeness (QED) is 0.173. The molecule has 3 nitrogen and oxygen atoms in total. The summed E-state index contributed by atoms with van der Waals surface area (Å²) in [5.41, 5.74) is 13.4. The first-order valence-electron chi connectivity index (χ1n) is 18.7. The third kappa shape index (κ3) is 5.13. The summed E-state index contributed by atoms with van der Waals surface area (Å²) in [6, 6.07) is 70.8. The van der Waals surface area contributed by atoms with Gasteiger partial charge in [-0.2, -0.15) is 0 Å². The van der Waals surface area contributed by atoms with Crippen molar-refractivity contribution in [1.82, 2.24) is 0 Å². The molecular weight excluding hydrogens is 671 g/mol. The summed E-state index contributed by atoms with van der Waals surface area (Å²) >= 11 is 0. The minimum atomic E-state index is 0.820. The predicted molar refractivity (Wildman–Crippen MR) is 229 cm³/mol. The number of hydrogen-bond acceptors (Lipinski definition) is 3. The number of benzene rings is 9. The highest BCUT2D eigenvalue weighted by Crippen LogP contribution is 2.49. The molecule has 258 valence electrons. The van der Waals surface area contributed by atoms with Crippen molar-refractivity contribution in [2.24, 2.45) is 0 Å². The van der Waals surface area contributed by atoms with Crippen LogP contribution in [0.2, 0.25) is 0 Å². The smallest absolute Gasteiger partial charge is 0.147 e. The maximum atomic E-state index is 7.13. The fourth-order valence-electron chi connectivity index (χ4n) is 8.30. The number of hydrogen-bond donors (Lipinski definition) is 0. The highest BCUT2D eigenvalue weighted by Gasteiger charge is 2.25. The molecule has 55 heavy (non-hydrogen) atoms. The van der Waals surface area contributed by atoms with Crippen LogP contribution in [0.25, 0.3) is 88.0 Å². The van der Waals surface area contributed by atoms with Crippen molar-refractivity contribution in [3.05, 3.63) is 200 Å². The molecule has 0 unspecified atom stereocenters. The normalized spacial score (nSPS) is 11.6. The van der Waals surface area contributed by atoms with E-state index in [4.69, 9.17) is 8.83 Å². The van der Waals surface area contributed by atoms with Gasteiger partial charge in [-0.15, -0.1) is 0 Å². The van der Waals surface area contributed by atoms with Crippen molar-refractivity contribution >= 4 is 71.7 Å². The van der Waals surface area contributed by atoms with Crippen molar-refractivity contribution < 1.29 is 8.83 Å². The summed E-state index contributed by atoms with van der Waals surface area (Å²) in [4.78, 5) is 2.34. The number of para-hydroxylation sites is 1. The predicted octanol–water partition coefficient (Wildman–Crippen LogP) is 15.1. The van der Waals surface area contributed by atoms with E-state index in [0.29, 0.717) is 0 Å². The topological polar surface area (TPSA) is 29.5 Å². The first kappa shape index (κ1) is 31.2. The Labute approximate surface area is 317 Å². The van der Waals surface area contributed by atoms with Crippen molar-refractivity contribution in [2.45, 2.75) is 0 Å². The van der Waals surface area contributed by atoms with Gasteiger partial charge in [-0.1, -0.05) is 158 Å². The van der Waals surface area contributed by atoms with Crippen molar-refractivity contribution in [3.8, 4) is 33.4 Å². The van der Waals surface area contributed by atoms with Crippen LogP contribution < -0.4 is 4.90 Å². The van der Waals surface area contributed by atoms with E-state index in [0.717, 1.165) is 82.8 Å². The van der Waals surface area contributed by atoms with Gasteiger partial charge in [0.05, 0.1) is 11.1 Å². The lowest BCUT2D eigenvalue weighted by Gasteiger charge is -2.26. The molecule has 0 aliphatic rings. The van der Waals surface area contributed by atoms with Gasteiger partial charge in [-0.05, 0) is 75.2 Å². The third-order valence-corrected chi connectivity index (χ3v) is 10.8. The Morgan fingerprint density at radius 2 is 0.764 bits per heavy atom. The second-order valence-corrected chi connectivity index (χ2v) is 14.0. The van der Waals surface area contributed by atoms with E-state index in [2.05, 4.69) is 193 Å². The Morgan fingerprint density at radius 1 is 0.291 bits per heavy atom. The molecule has 0 fully saturated rings. The standard InChI is InChI=1S/C52H33NO2/c1-4-14-34(15-5-1)36-24-28-39(29-25-36)53(40-30-26-37(27-31-40)35-16-6-2-7-17-35)41-32-45(38-18-8-3-9-19-38)48-47(33-41)55-52-49(48)42-20-10-11-21-43(42)51-50(52)44-22-12-13-23-46(44)54-51/h1-33H. The lowest BCUT2D eigenvalue weighted by molar-refractivity contribution is 0.665. The van der Waals surface area contributed by atoms with Gasteiger partial charge in [-0.25, -0.2) is 0 Å². The summed E-state index contributed by atoms with van der Waals surface area (Å²) in [6.45, 7) is 0. The molecule has 0 saturated carbocycles. The van der Waals surface area contributed by atoms with E-state index in [-0.39, 0.29) is 0 Å². The molecule has 0 bridgehead atoms. The SMILES string of the molecule is c1ccc(-c2ccc(N(c3ccc(-c4ccccc4)cc3)c3cc(-c4ccccc4)c4c(c3)oc3c5c6ccccc6oc5c5ccccc5c34)cc2)cc1. The molecule has 0 aliphatic carbocycles. The molecule has 0 saturated heterocycles. The largest absolute Gasteiger partial charge is 0.455 e. The van der Waals surface area contributed by atoms with Crippen molar-refractivity contribution in [3.63, 3.8) is 0 Å². The van der Waals surface area contributed by atoms with E-state index in [9.17, 15) is 0 Å². The zero-order valence-electron chi connectivity index (χ0n) is 29.8. The Kier molecular flexibility index (Phi) is 7.17. The fourth-order valence-corrected chi connectivity index (χ4v) is 8.30. The highest BCUT2D eigenvalue weighted by molar-refractivity contribution is 6.35. The second kappa shape index (κ2) is 12.6. The van der Waals surface area contributed by atoms with Gasteiger partial charge in [-0.3, -0.25) is 0 Å². The summed E-state index contributed by atoms with van der Waals surface area (Å²) < 4.78 is 13.7. The van der Waals surface area contributed by atoms with Gasteiger partial charge in [0.2, 0.25) is 0 Å². The second-order valence-electron chi connectivity index (χ2n) is 14.0. The summed E-state index contributed by atoms with van der Waals surface area (Å²) in [6.07, 6.45) is 0. The number of nitrogens with zero attached hydrogens (tertiary/aromatic N) is 1. The number of rotatable bonds is 6. The van der Waals surface area contributed by atoms with Crippen LogP contribution in [0.3, 0.4) is 0 Å². The summed E-state index contributed by atoms with van der Waals surface area (Å²) in [5, 5.41) is 6.43. The molecule has 9 aromatic carbocycles. The van der Waals surface area contributed by atoms with Gasteiger partial charge in [0, 0.05) is 39.0 Å². The number of furan rings is 2. The number of fused-ring (bicyclic) bond motifs is 10. The zero-order valence-corrected chi connectivity index (χ0v) is 29.8. The van der Waals surface area contributed by atoms with Crippen molar-refractivity contribution in [1.29, 1.82) is 0 Å². The van der Waals surface area contributed by atoms with Crippen LogP contribution in [-0.2, 0) is 0 Å². The highest BCUT2D eigenvalue weighted by atomic mass is 16.3. The average Bonchev–Trinajstić information content (AvgIpc) is 3.85. The van der Waals surface area contributed by atoms with Crippen molar-refractivity contribution in [2.75, 3.05) is 4.90 Å². The summed E-state index contributed by atoms with van der Waals surface area (Å²) in [7, 11) is 0. The molecule has 2 aromatic heterocycles. The molecule has 0 spiro atoms. The van der Waals surface area contributed by atoms with Crippen LogP contribution in [0.4, 0.5) is 17.1 Å². The van der Waals surface area contributed by atoms with Crippen LogP contribution in [-0.4, -0.2) is 0 Å². The summed E-state index contributed by atoms with van der Waals surface area (Å²) in [5.74, 6) is 0. The first-order valence-corrected chi connectivity index (χ1v) is 18.7. The van der Waals surface area contributed by atoms with E-state index < -0.39 is 0 Å². The van der Waals surface area contributed by atoms with Gasteiger partial charge in [0.25, 0.3) is 0 Å². The van der Waals surface area contributed by atoms with Crippen LogP contribution >= 0.6 is 0 Å². The van der Waals surface area contributed by atoms with Crippen LogP contribution in [0.5, 0.6) is 0 Å². The average molecular weight is 704 g/mol. The van der Waals surface area contributed by atoms with Crippen LogP contribution in [0.15, 0.2) is 209 Å². The molecule has 0 N–H and O–H groups in total. The van der Waals surface area contributed by atoms with Gasteiger partial charge < -0.3 is 13.7 Å². The van der Waals surface area contributed by atoms with E-state index in [1.54, 1.807) is 0 Å². The molecule has 0 radical (unpaired) electrons. The lowest BCUT2D eigenvalue weighted by Crippen LogP contribution is -2.10. The van der Waals surface area contributed by atoms with Crippen LogP contribution in [0, 0.1) is 0 Å². The molecule has 0 aliphatic heterocycles. The van der Waals surface area contributed by atoms with Crippen LogP contribution in [0.1, 0.15) is 0 Å².